The van der Waals surface area contributed by atoms with Crippen molar-refractivity contribution in [2.75, 3.05) is 7.05 Å². The molecule has 0 unspecified atom stereocenters. The summed E-state index contributed by atoms with van der Waals surface area (Å²) in [6.45, 7) is 2.29. The summed E-state index contributed by atoms with van der Waals surface area (Å²) in [6.07, 6.45) is 0. The number of furan rings is 1. The second kappa shape index (κ2) is 7.20. The summed E-state index contributed by atoms with van der Waals surface area (Å²) in [4.78, 5) is 18.9. The first-order chi connectivity index (χ1) is 13.1. The number of aromatic amines is 1. The molecule has 6 nitrogen and oxygen atoms in total. The highest BCUT2D eigenvalue weighted by molar-refractivity contribution is 7.13. The van der Waals surface area contributed by atoms with E-state index in [1.807, 2.05) is 54.8 Å². The van der Waals surface area contributed by atoms with E-state index in [4.69, 9.17) is 4.42 Å². The summed E-state index contributed by atoms with van der Waals surface area (Å²) in [7, 11) is 1.75. The van der Waals surface area contributed by atoms with Crippen molar-refractivity contribution in [1.29, 1.82) is 0 Å². The highest BCUT2D eigenvalue weighted by Gasteiger charge is 2.18. The molecule has 0 aliphatic carbocycles. The van der Waals surface area contributed by atoms with Crippen LogP contribution in [0.1, 0.15) is 21.9 Å². The minimum Gasteiger partial charge on any atom is -0.460 e. The molecule has 1 N–H and O–H groups in total. The molecular weight excluding hydrogens is 360 g/mol. The number of hydrogen-bond donors (Lipinski definition) is 1. The third-order valence-corrected chi connectivity index (χ3v) is 5.06. The first-order valence-electron chi connectivity index (χ1n) is 8.47. The number of thiazole rings is 1. The van der Waals surface area contributed by atoms with Crippen LogP contribution in [0.25, 0.3) is 22.0 Å². The van der Waals surface area contributed by atoms with Gasteiger partial charge in [-0.2, -0.15) is 5.10 Å². The summed E-state index contributed by atoms with van der Waals surface area (Å²) in [5, 5.41) is 9.90. The zero-order chi connectivity index (χ0) is 18.8. The summed E-state index contributed by atoms with van der Waals surface area (Å²) in [6, 6.07) is 15.4. The van der Waals surface area contributed by atoms with Crippen LogP contribution in [0.4, 0.5) is 0 Å². The van der Waals surface area contributed by atoms with Gasteiger partial charge >= 0.3 is 0 Å². The number of carbonyl (C=O) groups is 1. The molecule has 0 radical (unpaired) electrons. The Morgan fingerprint density at radius 3 is 2.78 bits per heavy atom. The topological polar surface area (TPSA) is 75.0 Å². The molecule has 0 fully saturated rings. The fraction of sp³-hybridized carbons (Fsp3) is 0.150. The lowest BCUT2D eigenvalue weighted by molar-refractivity contribution is 0.0778. The van der Waals surface area contributed by atoms with E-state index in [9.17, 15) is 4.79 Å². The SMILES string of the molecule is Cc1ccc(-c2cc(C(=O)N(C)Cc3csc(-c4ccccc4)n3)n[nH]2)o1. The Balaban J connectivity index is 1.46. The fourth-order valence-corrected chi connectivity index (χ4v) is 3.56. The van der Waals surface area contributed by atoms with Crippen molar-refractivity contribution < 1.29 is 9.21 Å². The number of nitrogens with zero attached hydrogens (tertiary/aromatic N) is 3. The molecule has 0 saturated carbocycles. The molecule has 1 amide bonds. The van der Waals surface area contributed by atoms with E-state index in [0.29, 0.717) is 23.7 Å². The Labute approximate surface area is 160 Å². The molecule has 0 bridgehead atoms. The highest BCUT2D eigenvalue weighted by Crippen LogP contribution is 2.24. The number of hydrogen-bond acceptors (Lipinski definition) is 5. The average molecular weight is 378 g/mol. The van der Waals surface area contributed by atoms with E-state index in [1.54, 1.807) is 29.4 Å². The zero-order valence-corrected chi connectivity index (χ0v) is 15.8. The monoisotopic (exact) mass is 378 g/mol. The van der Waals surface area contributed by atoms with Crippen LogP contribution in [0.15, 0.2) is 58.3 Å². The van der Waals surface area contributed by atoms with Crippen LogP contribution in [-0.2, 0) is 6.54 Å². The second-order valence-corrected chi connectivity index (χ2v) is 7.11. The first-order valence-corrected chi connectivity index (χ1v) is 9.35. The van der Waals surface area contributed by atoms with Gasteiger partial charge in [-0.25, -0.2) is 4.98 Å². The van der Waals surface area contributed by atoms with Crippen LogP contribution < -0.4 is 0 Å². The van der Waals surface area contributed by atoms with Crippen LogP contribution in [0.3, 0.4) is 0 Å². The van der Waals surface area contributed by atoms with Crippen LogP contribution in [0, 0.1) is 6.92 Å². The molecule has 4 aromatic rings. The summed E-state index contributed by atoms with van der Waals surface area (Å²) >= 11 is 1.57. The predicted octanol–water partition coefficient (Wildman–Crippen LogP) is 4.37. The Morgan fingerprint density at radius 2 is 2.04 bits per heavy atom. The van der Waals surface area contributed by atoms with Crippen LogP contribution >= 0.6 is 11.3 Å². The number of benzene rings is 1. The zero-order valence-electron chi connectivity index (χ0n) is 15.0. The maximum Gasteiger partial charge on any atom is 0.274 e. The van der Waals surface area contributed by atoms with Gasteiger partial charge in [-0.15, -0.1) is 11.3 Å². The van der Waals surface area contributed by atoms with Gasteiger partial charge in [0.15, 0.2) is 11.5 Å². The Kier molecular flexibility index (Phi) is 4.60. The van der Waals surface area contributed by atoms with Crippen molar-refractivity contribution >= 4 is 17.2 Å². The van der Waals surface area contributed by atoms with Gasteiger partial charge < -0.3 is 9.32 Å². The van der Waals surface area contributed by atoms with Gasteiger partial charge in [-0.3, -0.25) is 9.89 Å². The maximum atomic E-state index is 12.7. The first kappa shape index (κ1) is 17.2. The van der Waals surface area contributed by atoms with Crippen molar-refractivity contribution in [2.24, 2.45) is 0 Å². The van der Waals surface area contributed by atoms with E-state index in [1.165, 1.54) is 0 Å². The largest absolute Gasteiger partial charge is 0.460 e. The number of aryl methyl sites for hydroxylation is 1. The number of H-pyrrole nitrogens is 1. The van der Waals surface area contributed by atoms with Crippen LogP contribution in [0.5, 0.6) is 0 Å². The van der Waals surface area contributed by atoms with Crippen molar-refractivity contribution in [3.05, 3.63) is 71.1 Å². The standard InChI is InChI=1S/C20H18N4O2S/c1-13-8-9-18(26-13)16-10-17(23-22-16)20(25)24(2)11-15-12-27-19(21-15)14-6-4-3-5-7-14/h3-10,12H,11H2,1-2H3,(H,22,23). The molecular formula is C20H18N4O2S. The third-order valence-electron chi connectivity index (χ3n) is 4.12. The molecule has 27 heavy (non-hydrogen) atoms. The fourth-order valence-electron chi connectivity index (χ4n) is 2.74. The van der Waals surface area contributed by atoms with Crippen molar-refractivity contribution in [3.63, 3.8) is 0 Å². The quantitative estimate of drug-likeness (QED) is 0.559. The van der Waals surface area contributed by atoms with Gasteiger partial charge in [0.1, 0.15) is 16.5 Å². The molecule has 7 heteroatoms. The van der Waals surface area contributed by atoms with E-state index in [2.05, 4.69) is 15.2 Å². The molecule has 4 rings (SSSR count). The lowest BCUT2D eigenvalue weighted by Crippen LogP contribution is -2.26. The lowest BCUT2D eigenvalue weighted by atomic mass is 10.2. The summed E-state index contributed by atoms with van der Waals surface area (Å²) < 4.78 is 5.56. The van der Waals surface area contributed by atoms with E-state index in [-0.39, 0.29) is 5.91 Å². The Bertz CT molecular complexity index is 1060. The third kappa shape index (κ3) is 3.68. The van der Waals surface area contributed by atoms with Gasteiger partial charge in [0.05, 0.1) is 12.2 Å². The average Bonchev–Trinajstić information content (AvgIpc) is 3.42. The molecule has 3 heterocycles. The van der Waals surface area contributed by atoms with E-state index < -0.39 is 0 Å². The smallest absolute Gasteiger partial charge is 0.274 e. The predicted molar refractivity (Wildman–Crippen MR) is 104 cm³/mol. The molecule has 0 saturated heterocycles. The van der Waals surface area contributed by atoms with Gasteiger partial charge in [0, 0.05) is 24.1 Å². The second-order valence-electron chi connectivity index (χ2n) is 6.25. The molecule has 3 aromatic heterocycles. The number of carbonyl (C=O) groups excluding carboxylic acids is 1. The maximum absolute atomic E-state index is 12.7. The van der Waals surface area contributed by atoms with E-state index in [0.717, 1.165) is 22.0 Å². The summed E-state index contributed by atoms with van der Waals surface area (Å²) in [5.74, 6) is 1.30. The highest BCUT2D eigenvalue weighted by atomic mass is 32.1. The van der Waals surface area contributed by atoms with Gasteiger partial charge in [0.2, 0.25) is 0 Å². The minimum atomic E-state index is -0.171. The normalized spacial score (nSPS) is 10.9. The van der Waals surface area contributed by atoms with Gasteiger partial charge in [0.25, 0.3) is 5.91 Å². The number of amides is 1. The molecule has 0 aliphatic rings. The minimum absolute atomic E-state index is 0.171. The Morgan fingerprint density at radius 1 is 1.22 bits per heavy atom. The van der Waals surface area contributed by atoms with Crippen LogP contribution in [0.2, 0.25) is 0 Å². The number of rotatable bonds is 5. The Hall–Kier alpha value is -3.19. The van der Waals surface area contributed by atoms with Crippen LogP contribution in [-0.4, -0.2) is 33.0 Å². The van der Waals surface area contributed by atoms with Crippen molar-refractivity contribution in [3.8, 4) is 22.0 Å². The molecule has 0 atom stereocenters. The molecule has 0 spiro atoms. The molecule has 1 aromatic carbocycles. The number of nitrogens with one attached hydrogen (secondary N) is 1. The summed E-state index contributed by atoms with van der Waals surface area (Å²) in [5.41, 5.74) is 2.96. The lowest BCUT2D eigenvalue weighted by Gasteiger charge is -2.13. The molecule has 136 valence electrons. The number of aromatic nitrogens is 3. The molecule has 0 aliphatic heterocycles. The van der Waals surface area contributed by atoms with Crippen molar-refractivity contribution in [2.45, 2.75) is 13.5 Å². The van der Waals surface area contributed by atoms with Gasteiger partial charge in [-0.05, 0) is 19.1 Å². The van der Waals surface area contributed by atoms with Crippen molar-refractivity contribution in [1.82, 2.24) is 20.1 Å². The van der Waals surface area contributed by atoms with E-state index >= 15 is 0 Å². The van der Waals surface area contributed by atoms with Gasteiger partial charge in [-0.1, -0.05) is 30.3 Å².